The summed E-state index contributed by atoms with van der Waals surface area (Å²) >= 11 is 0. The minimum atomic E-state index is -3.07. The summed E-state index contributed by atoms with van der Waals surface area (Å²) in [6.45, 7) is 6.22. The van der Waals surface area contributed by atoms with Crippen LogP contribution in [0, 0.1) is 5.92 Å². The van der Waals surface area contributed by atoms with Gasteiger partial charge >= 0.3 is 0 Å². The Morgan fingerprint density at radius 1 is 1.29 bits per heavy atom. The summed E-state index contributed by atoms with van der Waals surface area (Å²) in [5.41, 5.74) is 0. The molecule has 7 heteroatoms. The van der Waals surface area contributed by atoms with Gasteiger partial charge in [0.1, 0.15) is 0 Å². The van der Waals surface area contributed by atoms with Crippen LogP contribution in [0.15, 0.2) is 0 Å². The third-order valence-electron chi connectivity index (χ3n) is 4.62. The highest BCUT2D eigenvalue weighted by atomic mass is 35.5. The van der Waals surface area contributed by atoms with E-state index in [9.17, 15) is 13.2 Å². The molecule has 1 N–H and O–H groups in total. The number of hydrogen-bond acceptors (Lipinski definition) is 4. The number of rotatable bonds is 3. The first-order valence-electron chi connectivity index (χ1n) is 7.53. The summed E-state index contributed by atoms with van der Waals surface area (Å²) in [5, 5.41) is 3.32. The predicted octanol–water partition coefficient (Wildman–Crippen LogP) is 1.22. The molecule has 0 unspecified atom stereocenters. The van der Waals surface area contributed by atoms with Crippen molar-refractivity contribution >= 4 is 28.2 Å². The van der Waals surface area contributed by atoms with E-state index in [0.717, 1.165) is 32.4 Å². The van der Waals surface area contributed by atoms with E-state index in [2.05, 4.69) is 5.32 Å². The zero-order valence-corrected chi connectivity index (χ0v) is 14.6. The second-order valence-corrected chi connectivity index (χ2v) is 9.37. The highest BCUT2D eigenvalue weighted by Gasteiger charge is 2.41. The number of nitrogens with zero attached hydrogens (tertiary/aromatic N) is 1. The van der Waals surface area contributed by atoms with Crippen molar-refractivity contribution in [1.82, 2.24) is 10.2 Å². The molecule has 1 amide bonds. The average molecular weight is 339 g/mol. The van der Waals surface area contributed by atoms with Crippen molar-refractivity contribution < 1.29 is 13.2 Å². The van der Waals surface area contributed by atoms with Gasteiger partial charge in [0.05, 0.1) is 10.5 Å². The zero-order valence-electron chi connectivity index (χ0n) is 12.9. The molecule has 0 saturated carbocycles. The summed E-state index contributed by atoms with van der Waals surface area (Å²) in [5.74, 6) is 0.854. The lowest BCUT2D eigenvalue weighted by molar-refractivity contribution is -0.131. The summed E-state index contributed by atoms with van der Waals surface area (Å²) in [7, 11) is -3.07. The van der Waals surface area contributed by atoms with Crippen molar-refractivity contribution in [2.75, 3.05) is 31.9 Å². The fourth-order valence-corrected chi connectivity index (χ4v) is 4.38. The van der Waals surface area contributed by atoms with Crippen molar-refractivity contribution in [3.8, 4) is 0 Å². The summed E-state index contributed by atoms with van der Waals surface area (Å²) in [6.07, 6.45) is 3.78. The van der Waals surface area contributed by atoms with E-state index in [4.69, 9.17) is 0 Å². The van der Waals surface area contributed by atoms with Gasteiger partial charge in [0.25, 0.3) is 0 Å². The molecule has 5 nitrogen and oxygen atoms in total. The monoisotopic (exact) mass is 338 g/mol. The Morgan fingerprint density at radius 3 is 2.48 bits per heavy atom. The van der Waals surface area contributed by atoms with E-state index in [0.29, 0.717) is 25.4 Å². The largest absolute Gasteiger partial charge is 0.340 e. The Hall–Kier alpha value is -0.330. The molecule has 2 aliphatic rings. The van der Waals surface area contributed by atoms with Crippen LogP contribution in [0.4, 0.5) is 0 Å². The van der Waals surface area contributed by atoms with E-state index < -0.39 is 14.6 Å². The Balaban J connectivity index is 0.00000220. The van der Waals surface area contributed by atoms with Crippen molar-refractivity contribution in [2.45, 2.75) is 44.3 Å². The van der Waals surface area contributed by atoms with E-state index in [1.807, 2.05) is 0 Å². The zero-order chi connectivity index (χ0) is 14.8. The SMILES string of the molecule is CC1(C)CN(C(=O)CCC2CCNCC2)CCS1(=O)=O.Cl. The molecule has 2 aliphatic heterocycles. The van der Waals surface area contributed by atoms with E-state index in [-0.39, 0.29) is 24.1 Å². The maximum atomic E-state index is 12.3. The Morgan fingerprint density at radius 2 is 1.90 bits per heavy atom. The molecule has 0 radical (unpaired) electrons. The lowest BCUT2D eigenvalue weighted by Gasteiger charge is -2.37. The Labute approximate surface area is 134 Å². The van der Waals surface area contributed by atoms with Gasteiger partial charge < -0.3 is 10.2 Å². The Bertz CT molecular complexity index is 459. The molecule has 0 bridgehead atoms. The quantitative estimate of drug-likeness (QED) is 0.840. The summed E-state index contributed by atoms with van der Waals surface area (Å²) in [4.78, 5) is 14.0. The van der Waals surface area contributed by atoms with Crippen LogP contribution in [0.2, 0.25) is 0 Å². The molecule has 0 aliphatic carbocycles. The predicted molar refractivity (Wildman–Crippen MR) is 86.5 cm³/mol. The van der Waals surface area contributed by atoms with Gasteiger partial charge in [-0.05, 0) is 52.1 Å². The molecular weight excluding hydrogens is 312 g/mol. The van der Waals surface area contributed by atoms with Crippen molar-refractivity contribution in [2.24, 2.45) is 5.92 Å². The topological polar surface area (TPSA) is 66.5 Å². The standard InChI is InChI=1S/C14H26N2O3S.ClH/c1-14(2)11-16(9-10-20(14,18)19)13(17)4-3-12-5-7-15-8-6-12;/h12,15H,3-11H2,1-2H3;1H. The number of nitrogens with one attached hydrogen (secondary N) is 1. The maximum Gasteiger partial charge on any atom is 0.222 e. The molecule has 2 rings (SSSR count). The van der Waals surface area contributed by atoms with Gasteiger partial charge in [-0.25, -0.2) is 8.42 Å². The first kappa shape index (κ1) is 18.7. The first-order valence-corrected chi connectivity index (χ1v) is 9.18. The van der Waals surface area contributed by atoms with Gasteiger partial charge in [0, 0.05) is 19.5 Å². The molecule has 2 heterocycles. The number of halogens is 1. The summed E-state index contributed by atoms with van der Waals surface area (Å²) in [6, 6.07) is 0. The molecule has 2 fully saturated rings. The molecule has 124 valence electrons. The number of carbonyl (C=O) groups excluding carboxylic acids is 1. The molecular formula is C14H27ClN2O3S. The van der Waals surface area contributed by atoms with Crippen molar-refractivity contribution in [3.63, 3.8) is 0 Å². The van der Waals surface area contributed by atoms with E-state index in [1.54, 1.807) is 18.7 Å². The van der Waals surface area contributed by atoms with Crippen molar-refractivity contribution in [1.29, 1.82) is 0 Å². The normalized spacial score (nSPS) is 25.1. The van der Waals surface area contributed by atoms with Crippen LogP contribution in [0.3, 0.4) is 0 Å². The minimum absolute atomic E-state index is 0. The van der Waals surface area contributed by atoms with Gasteiger partial charge in [0.2, 0.25) is 5.91 Å². The summed E-state index contributed by atoms with van der Waals surface area (Å²) < 4.78 is 23.1. The molecule has 2 saturated heterocycles. The van der Waals surface area contributed by atoms with Gasteiger partial charge in [0.15, 0.2) is 9.84 Å². The second-order valence-electron chi connectivity index (χ2n) is 6.63. The van der Waals surface area contributed by atoms with Crippen LogP contribution in [-0.2, 0) is 14.6 Å². The fraction of sp³-hybridized carbons (Fsp3) is 0.929. The third kappa shape index (κ3) is 4.57. The highest BCUT2D eigenvalue weighted by molar-refractivity contribution is 7.92. The van der Waals surface area contributed by atoms with E-state index in [1.165, 1.54) is 0 Å². The Kier molecular flexibility index (Phi) is 6.50. The lowest BCUT2D eigenvalue weighted by Crippen LogP contribution is -2.54. The molecule has 0 atom stereocenters. The number of amides is 1. The number of hydrogen-bond donors (Lipinski definition) is 1. The van der Waals surface area contributed by atoms with Gasteiger partial charge in [-0.2, -0.15) is 0 Å². The van der Waals surface area contributed by atoms with Crippen LogP contribution in [0.5, 0.6) is 0 Å². The molecule has 21 heavy (non-hydrogen) atoms. The van der Waals surface area contributed by atoms with Crippen molar-refractivity contribution in [3.05, 3.63) is 0 Å². The lowest BCUT2D eigenvalue weighted by atomic mass is 9.93. The molecule has 0 spiro atoms. The second kappa shape index (κ2) is 7.29. The smallest absolute Gasteiger partial charge is 0.222 e. The maximum absolute atomic E-state index is 12.3. The number of piperidine rings is 1. The molecule has 0 aromatic carbocycles. The average Bonchev–Trinajstić information content (AvgIpc) is 2.40. The van der Waals surface area contributed by atoms with E-state index >= 15 is 0 Å². The van der Waals surface area contributed by atoms with Gasteiger partial charge in [-0.3, -0.25) is 4.79 Å². The molecule has 0 aromatic heterocycles. The molecule has 0 aromatic rings. The fourth-order valence-electron chi connectivity index (χ4n) is 3.01. The van der Waals surface area contributed by atoms with Gasteiger partial charge in [-0.1, -0.05) is 0 Å². The minimum Gasteiger partial charge on any atom is -0.340 e. The number of sulfone groups is 1. The van der Waals surface area contributed by atoms with Gasteiger partial charge in [-0.15, -0.1) is 12.4 Å². The van der Waals surface area contributed by atoms with Crippen LogP contribution in [0.1, 0.15) is 39.5 Å². The first-order chi connectivity index (χ1) is 9.32. The van der Waals surface area contributed by atoms with Crippen LogP contribution in [0.25, 0.3) is 0 Å². The van der Waals surface area contributed by atoms with Crippen LogP contribution < -0.4 is 5.32 Å². The highest BCUT2D eigenvalue weighted by Crippen LogP contribution is 2.25. The third-order valence-corrected chi connectivity index (χ3v) is 7.15. The van der Waals surface area contributed by atoms with Crippen LogP contribution >= 0.6 is 12.4 Å². The number of carbonyl (C=O) groups is 1. The van der Waals surface area contributed by atoms with Crippen LogP contribution in [-0.4, -0.2) is 55.9 Å².